The van der Waals surface area contributed by atoms with Gasteiger partial charge in [-0.05, 0) is 43.7 Å². The van der Waals surface area contributed by atoms with E-state index in [1.165, 1.54) is 6.92 Å². The van der Waals surface area contributed by atoms with Crippen LogP contribution in [0.25, 0.3) is 0 Å². The molecular formula is C21H19ClN2O5. The molecule has 1 aliphatic rings. The van der Waals surface area contributed by atoms with E-state index in [0.29, 0.717) is 22.0 Å². The summed E-state index contributed by atoms with van der Waals surface area (Å²) in [7, 11) is 0. The largest absolute Gasteiger partial charge is 0.470 e. The monoisotopic (exact) mass is 414 g/mol. The van der Waals surface area contributed by atoms with Gasteiger partial charge in [-0.2, -0.15) is 0 Å². The minimum Gasteiger partial charge on any atom is -0.470 e. The summed E-state index contributed by atoms with van der Waals surface area (Å²) in [5.74, 6) is -2.00. The quantitative estimate of drug-likeness (QED) is 0.555. The Bertz CT molecular complexity index is 988. The Morgan fingerprint density at radius 1 is 1.14 bits per heavy atom. The zero-order chi connectivity index (χ0) is 21.0. The van der Waals surface area contributed by atoms with Crippen LogP contribution in [0.15, 0.2) is 60.0 Å². The van der Waals surface area contributed by atoms with E-state index in [-0.39, 0.29) is 18.1 Å². The van der Waals surface area contributed by atoms with Crippen molar-refractivity contribution < 1.29 is 23.9 Å². The Hall–Kier alpha value is -3.32. The number of rotatable bonds is 6. The molecule has 8 heteroatoms. The highest BCUT2D eigenvalue weighted by atomic mass is 35.5. The maximum atomic E-state index is 12.5. The maximum absolute atomic E-state index is 12.5. The molecule has 0 spiro atoms. The third kappa shape index (κ3) is 4.75. The van der Waals surface area contributed by atoms with Crippen molar-refractivity contribution in [1.82, 2.24) is 0 Å². The predicted octanol–water partition coefficient (Wildman–Crippen LogP) is 3.44. The summed E-state index contributed by atoms with van der Waals surface area (Å²) < 4.78 is 10.5. The Morgan fingerprint density at radius 2 is 1.86 bits per heavy atom. The van der Waals surface area contributed by atoms with Gasteiger partial charge in [-0.15, -0.1) is 0 Å². The molecule has 1 atom stereocenters. The lowest BCUT2D eigenvalue weighted by molar-refractivity contribution is -0.150. The second kappa shape index (κ2) is 8.79. The van der Waals surface area contributed by atoms with Crippen LogP contribution in [0.1, 0.15) is 12.5 Å². The number of anilines is 2. The third-order valence-electron chi connectivity index (χ3n) is 4.27. The summed E-state index contributed by atoms with van der Waals surface area (Å²) >= 11 is 6.04. The van der Waals surface area contributed by atoms with Crippen molar-refractivity contribution in [3.63, 3.8) is 0 Å². The van der Waals surface area contributed by atoms with Gasteiger partial charge in [0.05, 0.1) is 0 Å². The molecule has 1 amide bonds. The van der Waals surface area contributed by atoms with Gasteiger partial charge in [0, 0.05) is 16.4 Å². The fourth-order valence-corrected chi connectivity index (χ4v) is 2.79. The standard InChI is InChI=1S/C21H19ClN2O5/c1-12-15(22)9-6-10-16(12)24-19(26)13(2)29-21(27)18-17(25)11-28-20(18)23-14-7-4-3-5-8-14/h3-10,13,23H,11H2,1-2H3,(H,24,26)/t13-/m1/s1. The van der Waals surface area contributed by atoms with Gasteiger partial charge < -0.3 is 20.1 Å². The number of hydrogen-bond donors (Lipinski definition) is 2. The molecule has 29 heavy (non-hydrogen) atoms. The molecule has 0 aromatic heterocycles. The average molecular weight is 415 g/mol. The van der Waals surface area contributed by atoms with E-state index in [1.54, 1.807) is 49.4 Å². The van der Waals surface area contributed by atoms with Gasteiger partial charge in [-0.25, -0.2) is 4.79 Å². The number of ketones is 1. The molecule has 2 aromatic rings. The van der Waals surface area contributed by atoms with Gasteiger partial charge in [0.2, 0.25) is 11.7 Å². The number of benzene rings is 2. The van der Waals surface area contributed by atoms with Crippen molar-refractivity contribution in [2.75, 3.05) is 17.2 Å². The van der Waals surface area contributed by atoms with Gasteiger partial charge in [0.1, 0.15) is 0 Å². The lowest BCUT2D eigenvalue weighted by Gasteiger charge is -2.15. The normalized spacial score (nSPS) is 14.2. The van der Waals surface area contributed by atoms with Crippen molar-refractivity contribution in [2.24, 2.45) is 0 Å². The molecule has 0 saturated carbocycles. The lowest BCUT2D eigenvalue weighted by atomic mass is 10.2. The van der Waals surface area contributed by atoms with Gasteiger partial charge >= 0.3 is 5.97 Å². The SMILES string of the molecule is Cc1c(Cl)cccc1NC(=O)[C@@H](C)OC(=O)C1=C(Nc2ccccc2)OCC1=O. The van der Waals surface area contributed by atoms with E-state index < -0.39 is 23.8 Å². The molecule has 0 aliphatic carbocycles. The van der Waals surface area contributed by atoms with E-state index in [1.807, 2.05) is 6.07 Å². The van der Waals surface area contributed by atoms with Crippen molar-refractivity contribution in [2.45, 2.75) is 20.0 Å². The van der Waals surface area contributed by atoms with E-state index in [9.17, 15) is 14.4 Å². The molecule has 150 valence electrons. The molecule has 0 radical (unpaired) electrons. The number of hydrogen-bond acceptors (Lipinski definition) is 6. The van der Waals surface area contributed by atoms with E-state index >= 15 is 0 Å². The second-order valence-electron chi connectivity index (χ2n) is 6.36. The molecule has 0 fully saturated rings. The number of carbonyl (C=O) groups is 3. The minimum absolute atomic E-state index is 0.00416. The van der Waals surface area contributed by atoms with Crippen LogP contribution in [0.4, 0.5) is 11.4 Å². The Labute approximate surface area is 172 Å². The first-order valence-electron chi connectivity index (χ1n) is 8.86. The fraction of sp³-hybridized carbons (Fsp3) is 0.190. The molecule has 2 N–H and O–H groups in total. The summed E-state index contributed by atoms with van der Waals surface area (Å²) in [6, 6.07) is 14.0. The van der Waals surface area contributed by atoms with Crippen LogP contribution in [0.2, 0.25) is 5.02 Å². The highest BCUT2D eigenvalue weighted by Gasteiger charge is 2.34. The summed E-state index contributed by atoms with van der Waals surface area (Å²) in [5.41, 5.74) is 1.59. The number of Topliss-reactive ketones (excluding diaryl/α,β-unsaturated/α-hetero) is 1. The summed E-state index contributed by atoms with van der Waals surface area (Å²) in [6.45, 7) is 2.90. The first-order chi connectivity index (χ1) is 13.9. The van der Waals surface area contributed by atoms with Crippen LogP contribution in [0.3, 0.4) is 0 Å². The first kappa shape index (κ1) is 20.4. The van der Waals surface area contributed by atoms with Gasteiger partial charge in [0.15, 0.2) is 18.3 Å². The number of carbonyl (C=O) groups excluding carboxylic acids is 3. The molecule has 0 bridgehead atoms. The van der Waals surface area contributed by atoms with Crippen LogP contribution in [-0.4, -0.2) is 30.4 Å². The Morgan fingerprint density at radius 3 is 2.59 bits per heavy atom. The minimum atomic E-state index is -1.14. The van der Waals surface area contributed by atoms with E-state index in [0.717, 1.165) is 0 Å². The average Bonchev–Trinajstić information content (AvgIpc) is 3.06. The third-order valence-corrected chi connectivity index (χ3v) is 4.68. The highest BCUT2D eigenvalue weighted by molar-refractivity contribution is 6.31. The van der Waals surface area contributed by atoms with Crippen LogP contribution in [0.5, 0.6) is 0 Å². The Balaban J connectivity index is 1.70. The van der Waals surface area contributed by atoms with Crippen LogP contribution in [0, 0.1) is 6.92 Å². The van der Waals surface area contributed by atoms with Crippen molar-refractivity contribution in [3.05, 3.63) is 70.6 Å². The number of amides is 1. The van der Waals surface area contributed by atoms with Gasteiger partial charge in [-0.3, -0.25) is 9.59 Å². The van der Waals surface area contributed by atoms with Crippen molar-refractivity contribution >= 4 is 40.6 Å². The number of ether oxygens (including phenoxy) is 2. The molecular weight excluding hydrogens is 396 g/mol. The van der Waals surface area contributed by atoms with Crippen LogP contribution < -0.4 is 10.6 Å². The number of halogens is 1. The smallest absolute Gasteiger partial charge is 0.348 e. The van der Waals surface area contributed by atoms with E-state index in [4.69, 9.17) is 21.1 Å². The van der Waals surface area contributed by atoms with Gasteiger partial charge in [-0.1, -0.05) is 35.9 Å². The maximum Gasteiger partial charge on any atom is 0.348 e. The molecule has 7 nitrogen and oxygen atoms in total. The predicted molar refractivity (Wildman–Crippen MR) is 108 cm³/mol. The van der Waals surface area contributed by atoms with Crippen molar-refractivity contribution in [1.29, 1.82) is 0 Å². The van der Waals surface area contributed by atoms with Crippen molar-refractivity contribution in [3.8, 4) is 0 Å². The molecule has 0 unspecified atom stereocenters. The summed E-state index contributed by atoms with van der Waals surface area (Å²) in [4.78, 5) is 37.0. The zero-order valence-corrected chi connectivity index (χ0v) is 16.6. The summed E-state index contributed by atoms with van der Waals surface area (Å²) in [6.07, 6.45) is -1.14. The molecule has 1 heterocycles. The molecule has 1 aliphatic heterocycles. The second-order valence-corrected chi connectivity index (χ2v) is 6.76. The first-order valence-corrected chi connectivity index (χ1v) is 9.24. The Kier molecular flexibility index (Phi) is 6.19. The van der Waals surface area contributed by atoms with Crippen LogP contribution >= 0.6 is 11.6 Å². The number of para-hydroxylation sites is 1. The number of nitrogens with one attached hydrogen (secondary N) is 2. The lowest BCUT2D eigenvalue weighted by Crippen LogP contribution is -2.31. The van der Waals surface area contributed by atoms with Gasteiger partial charge in [0.25, 0.3) is 5.91 Å². The number of esters is 1. The summed E-state index contributed by atoms with van der Waals surface area (Å²) in [5, 5.41) is 6.04. The molecule has 2 aromatic carbocycles. The zero-order valence-electron chi connectivity index (χ0n) is 15.8. The topological polar surface area (TPSA) is 93.7 Å². The highest BCUT2D eigenvalue weighted by Crippen LogP contribution is 2.24. The fourth-order valence-electron chi connectivity index (χ4n) is 2.62. The molecule has 0 saturated heterocycles. The van der Waals surface area contributed by atoms with E-state index in [2.05, 4.69) is 10.6 Å². The van der Waals surface area contributed by atoms with Crippen LogP contribution in [-0.2, 0) is 23.9 Å². The molecule has 3 rings (SSSR count).